The van der Waals surface area contributed by atoms with Crippen LogP contribution < -0.4 is 9.47 Å². The fraction of sp³-hybridized carbons (Fsp3) is 0.600. The van der Waals surface area contributed by atoms with Gasteiger partial charge < -0.3 is 14.2 Å². The van der Waals surface area contributed by atoms with Gasteiger partial charge in [0, 0.05) is 12.6 Å². The van der Waals surface area contributed by atoms with Crippen molar-refractivity contribution in [3.05, 3.63) is 18.2 Å². The average molecular weight is 325 g/mol. The predicted octanol–water partition coefficient (Wildman–Crippen LogP) is 1.75. The van der Waals surface area contributed by atoms with E-state index in [-0.39, 0.29) is 23.8 Å². The monoisotopic (exact) mass is 325 g/mol. The van der Waals surface area contributed by atoms with Crippen molar-refractivity contribution in [2.75, 3.05) is 19.9 Å². The first-order valence-corrected chi connectivity index (χ1v) is 9.13. The Morgan fingerprint density at radius 1 is 1.09 bits per heavy atom. The van der Waals surface area contributed by atoms with E-state index in [0.717, 1.165) is 25.7 Å². The van der Waals surface area contributed by atoms with Gasteiger partial charge in [0.25, 0.3) is 0 Å². The fourth-order valence-electron chi connectivity index (χ4n) is 3.53. The molecule has 3 aliphatic rings. The van der Waals surface area contributed by atoms with Gasteiger partial charge in [-0.15, -0.1) is 0 Å². The molecule has 1 aliphatic carbocycles. The third-order valence-corrected chi connectivity index (χ3v) is 6.55. The molecule has 0 unspecified atom stereocenters. The Balaban J connectivity index is 1.67. The maximum absolute atomic E-state index is 13.0. The summed E-state index contributed by atoms with van der Waals surface area (Å²) >= 11 is 0. The largest absolute Gasteiger partial charge is 0.454 e. The molecular formula is C15H19NO5S. The van der Waals surface area contributed by atoms with Crippen LogP contribution in [-0.2, 0) is 14.8 Å². The molecule has 0 spiro atoms. The van der Waals surface area contributed by atoms with Crippen LogP contribution in [0.3, 0.4) is 0 Å². The van der Waals surface area contributed by atoms with Crippen molar-refractivity contribution in [2.24, 2.45) is 0 Å². The number of ether oxygens (including phenoxy) is 3. The Hall–Kier alpha value is -1.31. The number of nitrogens with zero attached hydrogens (tertiary/aromatic N) is 1. The second-order valence-electron chi connectivity index (χ2n) is 5.89. The molecule has 0 bridgehead atoms. The third kappa shape index (κ3) is 2.28. The summed E-state index contributed by atoms with van der Waals surface area (Å²) in [5.41, 5.74) is 0. The molecule has 1 saturated carbocycles. The van der Waals surface area contributed by atoms with Crippen molar-refractivity contribution >= 4 is 10.0 Å². The molecule has 120 valence electrons. The standard InChI is InChI=1S/C15H19NO5S/c17-22(18,11-5-6-14-15(9-11)21-10-20-14)16-7-8-19-13-4-2-1-3-12(13)16/h5-6,9,12-13H,1-4,7-8,10H2/t12-,13-/m1/s1. The number of sulfonamides is 1. The molecule has 0 aromatic heterocycles. The van der Waals surface area contributed by atoms with Gasteiger partial charge in [-0.25, -0.2) is 8.42 Å². The van der Waals surface area contributed by atoms with Crippen LogP contribution in [0.15, 0.2) is 23.1 Å². The number of hydrogen-bond donors (Lipinski definition) is 0. The summed E-state index contributed by atoms with van der Waals surface area (Å²) in [5.74, 6) is 1.09. The van der Waals surface area contributed by atoms with Crippen molar-refractivity contribution in [1.82, 2.24) is 4.31 Å². The molecule has 4 rings (SSSR count). The fourth-order valence-corrected chi connectivity index (χ4v) is 5.21. The molecule has 2 atom stereocenters. The van der Waals surface area contributed by atoms with Gasteiger partial charge in [-0.3, -0.25) is 0 Å². The van der Waals surface area contributed by atoms with Crippen LogP contribution in [0.2, 0.25) is 0 Å². The van der Waals surface area contributed by atoms with Crippen molar-refractivity contribution in [2.45, 2.75) is 42.7 Å². The Bertz CT molecular complexity index is 673. The van der Waals surface area contributed by atoms with Crippen LogP contribution in [-0.4, -0.2) is 44.8 Å². The van der Waals surface area contributed by atoms with E-state index in [1.165, 1.54) is 0 Å². The minimum absolute atomic E-state index is 0.0336. The number of hydrogen-bond acceptors (Lipinski definition) is 5. The summed E-state index contributed by atoms with van der Waals surface area (Å²) in [6.07, 6.45) is 4.01. The Kier molecular flexibility index (Phi) is 3.51. The molecule has 7 heteroatoms. The molecule has 0 radical (unpaired) electrons. The molecule has 2 heterocycles. The van der Waals surface area contributed by atoms with E-state index in [1.807, 2.05) is 0 Å². The first kappa shape index (κ1) is 14.3. The highest BCUT2D eigenvalue weighted by atomic mass is 32.2. The van der Waals surface area contributed by atoms with E-state index >= 15 is 0 Å². The van der Waals surface area contributed by atoms with Crippen LogP contribution in [0.25, 0.3) is 0 Å². The molecule has 2 aliphatic heterocycles. The van der Waals surface area contributed by atoms with E-state index in [9.17, 15) is 8.42 Å². The SMILES string of the molecule is O=S(=O)(c1ccc2c(c1)OCO2)N1CCO[C@@H]2CCCC[C@H]21. The topological polar surface area (TPSA) is 65.1 Å². The van der Waals surface area contributed by atoms with Gasteiger partial charge in [-0.05, 0) is 25.0 Å². The predicted molar refractivity (Wildman–Crippen MR) is 78.5 cm³/mol. The number of rotatable bonds is 2. The molecular weight excluding hydrogens is 306 g/mol. The van der Waals surface area contributed by atoms with Crippen LogP contribution >= 0.6 is 0 Å². The van der Waals surface area contributed by atoms with E-state index in [4.69, 9.17) is 14.2 Å². The molecule has 2 fully saturated rings. The molecule has 1 aromatic carbocycles. The Morgan fingerprint density at radius 3 is 2.82 bits per heavy atom. The first-order chi connectivity index (χ1) is 10.7. The normalized spacial score (nSPS) is 28.4. The second-order valence-corrected chi connectivity index (χ2v) is 7.78. The van der Waals surface area contributed by atoms with Gasteiger partial charge in [-0.2, -0.15) is 4.31 Å². The molecule has 1 aromatic rings. The lowest BCUT2D eigenvalue weighted by atomic mass is 9.91. The maximum Gasteiger partial charge on any atom is 0.243 e. The highest BCUT2D eigenvalue weighted by molar-refractivity contribution is 7.89. The molecule has 1 saturated heterocycles. The summed E-state index contributed by atoms with van der Waals surface area (Å²) in [6.45, 7) is 1.02. The molecule has 0 N–H and O–H groups in total. The van der Waals surface area contributed by atoms with Crippen LogP contribution in [0.5, 0.6) is 11.5 Å². The van der Waals surface area contributed by atoms with Gasteiger partial charge in [0.2, 0.25) is 16.8 Å². The minimum atomic E-state index is -3.54. The summed E-state index contributed by atoms with van der Waals surface area (Å²) in [4.78, 5) is 0.267. The highest BCUT2D eigenvalue weighted by Crippen LogP contribution is 2.37. The molecule has 6 nitrogen and oxygen atoms in total. The zero-order chi connectivity index (χ0) is 15.2. The van der Waals surface area contributed by atoms with E-state index in [1.54, 1.807) is 22.5 Å². The number of fused-ring (bicyclic) bond motifs is 2. The van der Waals surface area contributed by atoms with Gasteiger partial charge in [-0.1, -0.05) is 12.8 Å². The smallest absolute Gasteiger partial charge is 0.243 e. The lowest BCUT2D eigenvalue weighted by Gasteiger charge is -2.42. The highest BCUT2D eigenvalue weighted by Gasteiger charge is 2.41. The van der Waals surface area contributed by atoms with Crippen molar-refractivity contribution < 1.29 is 22.6 Å². The van der Waals surface area contributed by atoms with E-state index in [0.29, 0.717) is 24.7 Å². The third-order valence-electron chi connectivity index (χ3n) is 4.63. The molecule has 22 heavy (non-hydrogen) atoms. The number of morpholine rings is 1. The van der Waals surface area contributed by atoms with Crippen molar-refractivity contribution in [1.29, 1.82) is 0 Å². The Morgan fingerprint density at radius 2 is 1.91 bits per heavy atom. The zero-order valence-electron chi connectivity index (χ0n) is 12.2. The summed E-state index contributed by atoms with van der Waals surface area (Å²) < 4.78 is 44.0. The maximum atomic E-state index is 13.0. The van der Waals surface area contributed by atoms with Crippen LogP contribution in [0.4, 0.5) is 0 Å². The molecule has 0 amide bonds. The van der Waals surface area contributed by atoms with Gasteiger partial charge >= 0.3 is 0 Å². The van der Waals surface area contributed by atoms with Gasteiger partial charge in [0.05, 0.1) is 23.6 Å². The van der Waals surface area contributed by atoms with E-state index < -0.39 is 10.0 Å². The second kappa shape index (κ2) is 5.40. The lowest BCUT2D eigenvalue weighted by Crippen LogP contribution is -2.54. The summed E-state index contributed by atoms with van der Waals surface area (Å²) in [5, 5.41) is 0. The van der Waals surface area contributed by atoms with Crippen molar-refractivity contribution in [3.8, 4) is 11.5 Å². The number of benzene rings is 1. The Labute approximate surface area is 130 Å². The van der Waals surface area contributed by atoms with Gasteiger partial charge in [0.1, 0.15) is 0 Å². The average Bonchev–Trinajstić information content (AvgIpc) is 3.02. The quantitative estimate of drug-likeness (QED) is 0.829. The lowest BCUT2D eigenvalue weighted by molar-refractivity contribution is -0.0586. The van der Waals surface area contributed by atoms with E-state index in [2.05, 4.69) is 0 Å². The van der Waals surface area contributed by atoms with Crippen LogP contribution in [0.1, 0.15) is 25.7 Å². The minimum Gasteiger partial charge on any atom is -0.454 e. The summed E-state index contributed by atoms with van der Waals surface area (Å²) in [7, 11) is -3.54. The first-order valence-electron chi connectivity index (χ1n) is 7.69. The van der Waals surface area contributed by atoms with Crippen LogP contribution in [0, 0.1) is 0 Å². The van der Waals surface area contributed by atoms with Crippen molar-refractivity contribution in [3.63, 3.8) is 0 Å². The zero-order valence-corrected chi connectivity index (χ0v) is 13.0. The van der Waals surface area contributed by atoms with Gasteiger partial charge in [0.15, 0.2) is 11.5 Å². The summed E-state index contributed by atoms with van der Waals surface area (Å²) in [6, 6.07) is 4.77.